The standard InChI is InChI=1S/C12H24N2O3/c1-5-8(4)10(13)11(15)14-9(12(16)17)6-7(2)3/h7-10H,5-6,13H2,1-4H3,(H,14,15)(H,16,17)/t8-,9+,10-/m0/s1. The van der Waals surface area contributed by atoms with Gasteiger partial charge in [-0.05, 0) is 18.3 Å². The Morgan fingerprint density at radius 1 is 1.29 bits per heavy atom. The van der Waals surface area contributed by atoms with Crippen LogP contribution in [0.3, 0.4) is 0 Å². The van der Waals surface area contributed by atoms with Crippen molar-refractivity contribution in [2.24, 2.45) is 17.6 Å². The highest BCUT2D eigenvalue weighted by Crippen LogP contribution is 2.08. The fraction of sp³-hybridized carbons (Fsp3) is 0.833. The first kappa shape index (κ1) is 15.9. The number of aliphatic carboxylic acids is 1. The summed E-state index contributed by atoms with van der Waals surface area (Å²) in [7, 11) is 0. The lowest BCUT2D eigenvalue weighted by Crippen LogP contribution is -2.51. The van der Waals surface area contributed by atoms with Crippen LogP contribution in [0, 0.1) is 11.8 Å². The molecule has 17 heavy (non-hydrogen) atoms. The molecule has 0 saturated carbocycles. The van der Waals surface area contributed by atoms with Gasteiger partial charge in [-0.25, -0.2) is 4.79 Å². The van der Waals surface area contributed by atoms with Crippen LogP contribution >= 0.6 is 0 Å². The predicted octanol–water partition coefficient (Wildman–Crippen LogP) is 0.975. The molecule has 0 heterocycles. The molecule has 0 aromatic rings. The van der Waals surface area contributed by atoms with Gasteiger partial charge in [-0.15, -0.1) is 0 Å². The fourth-order valence-corrected chi connectivity index (χ4v) is 1.47. The molecule has 4 N–H and O–H groups in total. The maximum Gasteiger partial charge on any atom is 0.326 e. The van der Waals surface area contributed by atoms with Gasteiger partial charge in [0.2, 0.25) is 5.91 Å². The Bertz CT molecular complexity index is 266. The Balaban J connectivity index is 4.45. The lowest BCUT2D eigenvalue weighted by molar-refractivity contribution is -0.142. The van der Waals surface area contributed by atoms with E-state index in [4.69, 9.17) is 10.8 Å². The molecule has 0 fully saturated rings. The number of carbonyl (C=O) groups excluding carboxylic acids is 1. The molecule has 3 atom stereocenters. The largest absolute Gasteiger partial charge is 0.480 e. The maximum absolute atomic E-state index is 11.7. The number of carboxylic acid groups (broad SMARTS) is 1. The molecule has 0 spiro atoms. The van der Waals surface area contributed by atoms with Crippen molar-refractivity contribution in [2.45, 2.75) is 52.6 Å². The number of amides is 1. The minimum Gasteiger partial charge on any atom is -0.480 e. The zero-order valence-corrected chi connectivity index (χ0v) is 11.1. The van der Waals surface area contributed by atoms with E-state index in [1.54, 1.807) is 0 Å². The molecular weight excluding hydrogens is 220 g/mol. The average molecular weight is 244 g/mol. The van der Waals surface area contributed by atoms with Crippen LogP contribution < -0.4 is 11.1 Å². The van der Waals surface area contributed by atoms with E-state index < -0.39 is 18.1 Å². The van der Waals surface area contributed by atoms with Crippen molar-refractivity contribution in [3.63, 3.8) is 0 Å². The molecule has 0 aromatic heterocycles. The number of carboxylic acids is 1. The van der Waals surface area contributed by atoms with Crippen LogP contribution in [-0.4, -0.2) is 29.1 Å². The molecule has 0 unspecified atom stereocenters. The summed E-state index contributed by atoms with van der Waals surface area (Å²) in [6.45, 7) is 7.65. The molecule has 0 aromatic carbocycles. The molecule has 0 rings (SSSR count). The first-order valence-electron chi connectivity index (χ1n) is 6.08. The number of nitrogens with one attached hydrogen (secondary N) is 1. The Labute approximate surface area is 103 Å². The summed E-state index contributed by atoms with van der Waals surface area (Å²) < 4.78 is 0. The van der Waals surface area contributed by atoms with Crippen LogP contribution in [0.2, 0.25) is 0 Å². The van der Waals surface area contributed by atoms with Crippen molar-refractivity contribution in [2.75, 3.05) is 0 Å². The summed E-state index contributed by atoms with van der Waals surface area (Å²) in [5, 5.41) is 11.5. The zero-order valence-electron chi connectivity index (χ0n) is 11.1. The molecule has 0 aliphatic rings. The second-order valence-electron chi connectivity index (χ2n) is 4.94. The molecule has 0 aliphatic heterocycles. The van der Waals surface area contributed by atoms with Crippen molar-refractivity contribution in [3.8, 4) is 0 Å². The van der Waals surface area contributed by atoms with E-state index in [1.807, 2.05) is 27.7 Å². The Morgan fingerprint density at radius 2 is 1.82 bits per heavy atom. The number of carbonyl (C=O) groups is 2. The SMILES string of the molecule is CC[C@H](C)[C@H](N)C(=O)N[C@H](CC(C)C)C(=O)O. The number of rotatable bonds is 7. The highest BCUT2D eigenvalue weighted by Gasteiger charge is 2.26. The smallest absolute Gasteiger partial charge is 0.326 e. The van der Waals surface area contributed by atoms with Crippen molar-refractivity contribution < 1.29 is 14.7 Å². The van der Waals surface area contributed by atoms with Gasteiger partial charge in [0.05, 0.1) is 6.04 Å². The second kappa shape index (κ2) is 7.27. The van der Waals surface area contributed by atoms with E-state index in [1.165, 1.54) is 0 Å². The number of hydrogen-bond acceptors (Lipinski definition) is 3. The third kappa shape index (κ3) is 5.68. The third-order valence-electron chi connectivity index (χ3n) is 2.88. The van der Waals surface area contributed by atoms with Gasteiger partial charge >= 0.3 is 5.97 Å². The Morgan fingerprint density at radius 3 is 2.18 bits per heavy atom. The minimum absolute atomic E-state index is 0.0449. The Hall–Kier alpha value is -1.10. The van der Waals surface area contributed by atoms with Gasteiger partial charge in [0.25, 0.3) is 0 Å². The van der Waals surface area contributed by atoms with E-state index >= 15 is 0 Å². The average Bonchev–Trinajstić information content (AvgIpc) is 2.25. The minimum atomic E-state index is -1.01. The summed E-state index contributed by atoms with van der Waals surface area (Å²) in [5.41, 5.74) is 5.75. The van der Waals surface area contributed by atoms with Crippen molar-refractivity contribution >= 4 is 11.9 Å². The van der Waals surface area contributed by atoms with Gasteiger partial charge in [-0.3, -0.25) is 4.79 Å². The first-order chi connectivity index (χ1) is 7.79. The quantitative estimate of drug-likeness (QED) is 0.622. The molecule has 0 aliphatic carbocycles. The summed E-state index contributed by atoms with van der Waals surface area (Å²) >= 11 is 0. The van der Waals surface area contributed by atoms with Crippen molar-refractivity contribution in [1.29, 1.82) is 0 Å². The highest BCUT2D eigenvalue weighted by atomic mass is 16.4. The summed E-state index contributed by atoms with van der Waals surface area (Å²) in [6, 6.07) is -1.49. The number of nitrogens with two attached hydrogens (primary N) is 1. The van der Waals surface area contributed by atoms with E-state index in [0.29, 0.717) is 6.42 Å². The van der Waals surface area contributed by atoms with Crippen LogP contribution in [-0.2, 0) is 9.59 Å². The first-order valence-corrected chi connectivity index (χ1v) is 6.08. The third-order valence-corrected chi connectivity index (χ3v) is 2.88. The predicted molar refractivity (Wildman–Crippen MR) is 66.5 cm³/mol. The van der Waals surface area contributed by atoms with Gasteiger partial charge in [-0.1, -0.05) is 34.1 Å². The van der Waals surface area contributed by atoms with E-state index in [-0.39, 0.29) is 17.7 Å². The summed E-state index contributed by atoms with van der Waals surface area (Å²) in [6.07, 6.45) is 1.20. The van der Waals surface area contributed by atoms with Crippen LogP contribution in [0.25, 0.3) is 0 Å². The molecule has 5 nitrogen and oxygen atoms in total. The zero-order chi connectivity index (χ0) is 13.6. The summed E-state index contributed by atoms with van der Waals surface area (Å²) in [5.74, 6) is -1.14. The van der Waals surface area contributed by atoms with Gasteiger partial charge in [-0.2, -0.15) is 0 Å². The maximum atomic E-state index is 11.7. The topological polar surface area (TPSA) is 92.4 Å². The lowest BCUT2D eigenvalue weighted by atomic mass is 9.98. The molecule has 0 saturated heterocycles. The lowest BCUT2D eigenvalue weighted by Gasteiger charge is -2.22. The van der Waals surface area contributed by atoms with Gasteiger partial charge < -0.3 is 16.2 Å². The molecule has 0 bridgehead atoms. The van der Waals surface area contributed by atoms with E-state index in [0.717, 1.165) is 6.42 Å². The van der Waals surface area contributed by atoms with E-state index in [2.05, 4.69) is 5.32 Å². The molecular formula is C12H24N2O3. The normalized spacial score (nSPS) is 16.4. The monoisotopic (exact) mass is 244 g/mol. The van der Waals surface area contributed by atoms with Gasteiger partial charge in [0.15, 0.2) is 0 Å². The summed E-state index contributed by atoms with van der Waals surface area (Å²) in [4.78, 5) is 22.7. The van der Waals surface area contributed by atoms with Crippen molar-refractivity contribution in [3.05, 3.63) is 0 Å². The van der Waals surface area contributed by atoms with Crippen LogP contribution in [0.15, 0.2) is 0 Å². The van der Waals surface area contributed by atoms with Crippen LogP contribution in [0.4, 0.5) is 0 Å². The van der Waals surface area contributed by atoms with Crippen LogP contribution in [0.1, 0.15) is 40.5 Å². The van der Waals surface area contributed by atoms with Crippen LogP contribution in [0.5, 0.6) is 0 Å². The van der Waals surface area contributed by atoms with Crippen molar-refractivity contribution in [1.82, 2.24) is 5.32 Å². The second-order valence-corrected chi connectivity index (χ2v) is 4.94. The molecule has 1 amide bonds. The molecule has 100 valence electrons. The fourth-order valence-electron chi connectivity index (χ4n) is 1.47. The van der Waals surface area contributed by atoms with Gasteiger partial charge in [0, 0.05) is 0 Å². The van der Waals surface area contributed by atoms with E-state index in [9.17, 15) is 9.59 Å². The number of hydrogen-bond donors (Lipinski definition) is 3. The Kier molecular flexibility index (Phi) is 6.80. The molecule has 0 radical (unpaired) electrons. The highest BCUT2D eigenvalue weighted by molar-refractivity contribution is 5.86. The molecule has 5 heteroatoms. The van der Waals surface area contributed by atoms with Gasteiger partial charge in [0.1, 0.15) is 6.04 Å².